The minimum Gasteiger partial charge on any atom is -0.236 e. The number of hydrogen-bond donors (Lipinski definition) is 0. The molecule has 7 heteroatoms. The zero-order valence-electron chi connectivity index (χ0n) is 14.0. The van der Waals surface area contributed by atoms with Crippen molar-refractivity contribution in [3.8, 4) is 33.0 Å². The second-order valence-corrected chi connectivity index (χ2v) is 8.89. The molecule has 1 nitrogen and oxygen atoms in total. The van der Waals surface area contributed by atoms with Gasteiger partial charge in [0.1, 0.15) is 5.01 Å². The molecule has 0 aliphatic heterocycles. The van der Waals surface area contributed by atoms with Gasteiger partial charge in [-0.15, -0.1) is 11.3 Å². The van der Waals surface area contributed by atoms with Crippen LogP contribution in [0, 0.1) is 0 Å². The van der Waals surface area contributed by atoms with Crippen LogP contribution in [0.25, 0.3) is 33.0 Å². The van der Waals surface area contributed by atoms with Gasteiger partial charge in [0.15, 0.2) is 0 Å². The van der Waals surface area contributed by atoms with Crippen LogP contribution in [0.2, 0.25) is 25.1 Å². The first kappa shape index (κ1) is 20.0. The molecule has 0 saturated heterocycles. The highest BCUT2D eigenvalue weighted by Gasteiger charge is 2.11. The third-order valence-electron chi connectivity index (χ3n) is 4.16. The summed E-state index contributed by atoms with van der Waals surface area (Å²) in [7, 11) is 0. The molecule has 140 valence electrons. The Bertz CT molecular complexity index is 1170. The minimum atomic E-state index is 0.430. The minimum absolute atomic E-state index is 0.430. The Morgan fingerprint density at radius 2 is 1.32 bits per heavy atom. The van der Waals surface area contributed by atoms with Gasteiger partial charge >= 0.3 is 0 Å². The Hall–Kier alpha value is -1.26. The molecule has 0 fully saturated rings. The first-order chi connectivity index (χ1) is 13.4. The van der Waals surface area contributed by atoms with E-state index in [0.717, 1.165) is 33.0 Å². The molecule has 4 rings (SSSR count). The van der Waals surface area contributed by atoms with Gasteiger partial charge in [0, 0.05) is 27.1 Å². The maximum Gasteiger partial charge on any atom is 0.124 e. The normalized spacial score (nSPS) is 11.0. The lowest BCUT2D eigenvalue weighted by Gasteiger charge is -2.08. The third-order valence-corrected chi connectivity index (χ3v) is 6.81. The van der Waals surface area contributed by atoms with Crippen LogP contribution in [0.3, 0.4) is 0 Å². The number of rotatable bonds is 3. The van der Waals surface area contributed by atoms with Gasteiger partial charge in [-0.1, -0.05) is 88.3 Å². The summed E-state index contributed by atoms with van der Waals surface area (Å²) >= 11 is 32.2. The van der Waals surface area contributed by atoms with E-state index in [1.807, 2.05) is 41.8 Å². The van der Waals surface area contributed by atoms with Crippen molar-refractivity contribution in [3.05, 3.63) is 85.1 Å². The molecule has 0 aliphatic carbocycles. The Labute approximate surface area is 191 Å². The van der Waals surface area contributed by atoms with E-state index in [0.29, 0.717) is 25.1 Å². The average molecular weight is 486 g/mol. The van der Waals surface area contributed by atoms with Gasteiger partial charge in [0.25, 0.3) is 0 Å². The van der Waals surface area contributed by atoms with Crippen LogP contribution in [-0.4, -0.2) is 4.98 Å². The van der Waals surface area contributed by atoms with E-state index < -0.39 is 0 Å². The number of halogens is 5. The van der Waals surface area contributed by atoms with E-state index in [2.05, 4.69) is 0 Å². The molecule has 0 bridgehead atoms. The van der Waals surface area contributed by atoms with Gasteiger partial charge in [-0.3, -0.25) is 0 Å². The first-order valence-corrected chi connectivity index (χ1v) is 10.9. The lowest BCUT2D eigenvalue weighted by Crippen LogP contribution is -1.84. The summed E-state index contributed by atoms with van der Waals surface area (Å²) < 4.78 is 0. The smallest absolute Gasteiger partial charge is 0.124 e. The summed E-state index contributed by atoms with van der Waals surface area (Å²) in [5.41, 5.74) is 4.51. The van der Waals surface area contributed by atoms with Crippen LogP contribution < -0.4 is 0 Å². The van der Waals surface area contributed by atoms with E-state index in [-0.39, 0.29) is 0 Å². The fourth-order valence-electron chi connectivity index (χ4n) is 2.75. The SMILES string of the molecule is Clc1cc(Cl)c(Cl)c(-c2ccc(-c3nc(-c4ccc(Cl)c(Cl)c4)cs3)cc2)c1. The van der Waals surface area contributed by atoms with E-state index in [9.17, 15) is 0 Å². The summed E-state index contributed by atoms with van der Waals surface area (Å²) in [4.78, 5) is 4.72. The van der Waals surface area contributed by atoms with Gasteiger partial charge in [0.05, 0.1) is 25.8 Å². The molecule has 28 heavy (non-hydrogen) atoms. The molecule has 1 aromatic heterocycles. The fourth-order valence-corrected chi connectivity index (χ4v) is 4.60. The van der Waals surface area contributed by atoms with Crippen molar-refractivity contribution in [2.45, 2.75) is 0 Å². The van der Waals surface area contributed by atoms with Crippen LogP contribution in [0.4, 0.5) is 0 Å². The zero-order valence-corrected chi connectivity index (χ0v) is 18.6. The Morgan fingerprint density at radius 1 is 0.643 bits per heavy atom. The molecule has 3 aromatic carbocycles. The molecule has 4 aromatic rings. The second-order valence-electron chi connectivity index (χ2n) is 5.99. The monoisotopic (exact) mass is 483 g/mol. The quantitative estimate of drug-likeness (QED) is 0.263. The predicted octanol–water partition coefficient (Wildman–Crippen LogP) is 9.41. The largest absolute Gasteiger partial charge is 0.236 e. The summed E-state index contributed by atoms with van der Waals surface area (Å²) in [5, 5.41) is 5.39. The van der Waals surface area contributed by atoms with E-state index in [4.69, 9.17) is 63.0 Å². The average Bonchev–Trinajstić information content (AvgIpc) is 3.17. The Kier molecular flexibility index (Phi) is 5.89. The van der Waals surface area contributed by atoms with Crippen molar-refractivity contribution in [2.24, 2.45) is 0 Å². The fraction of sp³-hybridized carbons (Fsp3) is 0. The topological polar surface area (TPSA) is 12.9 Å². The van der Waals surface area contributed by atoms with Gasteiger partial charge in [-0.05, 0) is 29.8 Å². The molecule has 0 atom stereocenters. The third kappa shape index (κ3) is 4.04. The highest BCUT2D eigenvalue weighted by Crippen LogP contribution is 2.38. The molecule has 0 saturated carbocycles. The molecule has 0 unspecified atom stereocenters. The van der Waals surface area contributed by atoms with Gasteiger partial charge < -0.3 is 0 Å². The van der Waals surface area contributed by atoms with Crippen LogP contribution in [0.5, 0.6) is 0 Å². The van der Waals surface area contributed by atoms with Crippen LogP contribution in [0.15, 0.2) is 60.0 Å². The maximum atomic E-state index is 6.33. The van der Waals surface area contributed by atoms with Crippen LogP contribution in [-0.2, 0) is 0 Å². The van der Waals surface area contributed by atoms with E-state index in [1.165, 1.54) is 0 Å². The molecular formula is C21H10Cl5NS. The van der Waals surface area contributed by atoms with Gasteiger partial charge in [-0.2, -0.15) is 0 Å². The molecule has 0 radical (unpaired) electrons. The summed E-state index contributed by atoms with van der Waals surface area (Å²) in [6, 6.07) is 16.9. The number of nitrogens with zero attached hydrogens (tertiary/aromatic N) is 1. The van der Waals surface area contributed by atoms with Gasteiger partial charge in [0.2, 0.25) is 0 Å². The van der Waals surface area contributed by atoms with Crippen LogP contribution in [0.1, 0.15) is 0 Å². The lowest BCUT2D eigenvalue weighted by atomic mass is 10.0. The van der Waals surface area contributed by atoms with Crippen molar-refractivity contribution >= 4 is 69.3 Å². The summed E-state index contributed by atoms with van der Waals surface area (Å²) in [6.45, 7) is 0. The van der Waals surface area contributed by atoms with Gasteiger partial charge in [-0.25, -0.2) is 4.98 Å². The predicted molar refractivity (Wildman–Crippen MR) is 123 cm³/mol. The molecule has 0 aliphatic rings. The van der Waals surface area contributed by atoms with Crippen molar-refractivity contribution in [1.29, 1.82) is 0 Å². The lowest BCUT2D eigenvalue weighted by molar-refractivity contribution is 1.40. The van der Waals surface area contributed by atoms with Crippen molar-refractivity contribution in [1.82, 2.24) is 4.98 Å². The number of aromatic nitrogens is 1. The zero-order chi connectivity index (χ0) is 19.8. The number of thiazole rings is 1. The second kappa shape index (κ2) is 8.23. The first-order valence-electron chi connectivity index (χ1n) is 8.08. The number of hydrogen-bond acceptors (Lipinski definition) is 2. The summed E-state index contributed by atoms with van der Waals surface area (Å²) in [5.74, 6) is 0. The maximum absolute atomic E-state index is 6.33. The molecule has 0 N–H and O–H groups in total. The highest BCUT2D eigenvalue weighted by molar-refractivity contribution is 7.13. The van der Waals surface area contributed by atoms with Crippen molar-refractivity contribution in [2.75, 3.05) is 0 Å². The number of benzene rings is 3. The van der Waals surface area contributed by atoms with Crippen molar-refractivity contribution < 1.29 is 0 Å². The van der Waals surface area contributed by atoms with E-state index >= 15 is 0 Å². The van der Waals surface area contributed by atoms with Crippen molar-refractivity contribution in [3.63, 3.8) is 0 Å². The summed E-state index contributed by atoms with van der Waals surface area (Å²) in [6.07, 6.45) is 0. The Morgan fingerprint density at radius 3 is 2.04 bits per heavy atom. The molecule has 0 spiro atoms. The van der Waals surface area contributed by atoms with Crippen LogP contribution >= 0.6 is 69.3 Å². The van der Waals surface area contributed by atoms with E-state index in [1.54, 1.807) is 29.5 Å². The molecule has 1 heterocycles. The standard InChI is InChI=1S/C21H10Cl5NS/c22-14-8-15(20(26)18(25)9-14)11-1-3-12(4-2-11)21-27-19(10-28-21)13-5-6-16(23)17(24)7-13/h1-10H. The molecular weight excluding hydrogens is 476 g/mol. The molecule has 0 amide bonds. The Balaban J connectivity index is 1.65. The highest BCUT2D eigenvalue weighted by atomic mass is 35.5.